The third-order valence-corrected chi connectivity index (χ3v) is 6.01. The summed E-state index contributed by atoms with van der Waals surface area (Å²) in [6, 6.07) is 23.4. The van der Waals surface area contributed by atoms with Crippen molar-refractivity contribution in [2.75, 3.05) is 6.54 Å². The third kappa shape index (κ3) is 4.54. The fourth-order valence-electron chi connectivity index (χ4n) is 3.47. The summed E-state index contributed by atoms with van der Waals surface area (Å²) in [4.78, 5) is 5.30. The molecule has 2 heterocycles. The summed E-state index contributed by atoms with van der Waals surface area (Å²) >= 11 is 1.39. The van der Waals surface area contributed by atoms with E-state index in [0.717, 1.165) is 17.4 Å². The SMILES string of the molecule is Fc1cccc(F)c1/C=N\n1c(-c2cc3ccccc3o2)csc1=NCCc1ccccc1. The van der Waals surface area contributed by atoms with E-state index < -0.39 is 11.6 Å². The van der Waals surface area contributed by atoms with Crippen LogP contribution in [0.25, 0.3) is 22.4 Å². The van der Waals surface area contributed by atoms with Crippen LogP contribution in [0.3, 0.4) is 0 Å². The van der Waals surface area contributed by atoms with Crippen molar-refractivity contribution < 1.29 is 13.2 Å². The molecule has 33 heavy (non-hydrogen) atoms. The number of aromatic nitrogens is 1. The second-order valence-electron chi connectivity index (χ2n) is 7.36. The Morgan fingerprint density at radius 2 is 1.67 bits per heavy atom. The number of hydrogen-bond donors (Lipinski definition) is 0. The Bertz CT molecular complexity index is 1450. The van der Waals surface area contributed by atoms with Gasteiger partial charge in [0, 0.05) is 17.3 Å². The summed E-state index contributed by atoms with van der Waals surface area (Å²) in [6.45, 7) is 0.549. The largest absolute Gasteiger partial charge is 0.454 e. The summed E-state index contributed by atoms with van der Waals surface area (Å²) in [5.41, 5.74) is 2.38. The van der Waals surface area contributed by atoms with Crippen molar-refractivity contribution in [2.24, 2.45) is 10.1 Å². The molecule has 0 atom stereocenters. The molecule has 0 radical (unpaired) electrons. The van der Waals surface area contributed by atoms with E-state index in [1.807, 2.05) is 53.9 Å². The number of benzene rings is 3. The number of hydrogen-bond acceptors (Lipinski definition) is 4. The maximum Gasteiger partial charge on any atom is 0.206 e. The second-order valence-corrected chi connectivity index (χ2v) is 8.20. The Kier molecular flexibility index (Phi) is 5.95. The quantitative estimate of drug-likeness (QED) is 0.276. The minimum absolute atomic E-state index is 0.206. The summed E-state index contributed by atoms with van der Waals surface area (Å²) < 4.78 is 35.9. The lowest BCUT2D eigenvalue weighted by molar-refractivity contribution is 0.579. The lowest BCUT2D eigenvalue weighted by atomic mass is 10.2. The second kappa shape index (κ2) is 9.34. The summed E-state index contributed by atoms with van der Waals surface area (Å²) in [7, 11) is 0. The molecule has 7 heteroatoms. The Morgan fingerprint density at radius 1 is 0.909 bits per heavy atom. The topological polar surface area (TPSA) is 42.8 Å². The normalized spacial score (nSPS) is 12.2. The Balaban J connectivity index is 1.56. The Hall–Kier alpha value is -3.84. The molecule has 0 fully saturated rings. The van der Waals surface area contributed by atoms with Crippen molar-refractivity contribution in [2.45, 2.75) is 6.42 Å². The van der Waals surface area contributed by atoms with Gasteiger partial charge in [0.25, 0.3) is 0 Å². The van der Waals surface area contributed by atoms with Crippen LogP contribution >= 0.6 is 11.3 Å². The first kappa shape index (κ1) is 21.0. The van der Waals surface area contributed by atoms with Gasteiger partial charge in [-0.3, -0.25) is 4.99 Å². The fraction of sp³-hybridized carbons (Fsp3) is 0.0769. The van der Waals surface area contributed by atoms with Gasteiger partial charge in [-0.1, -0.05) is 54.6 Å². The van der Waals surface area contributed by atoms with Crippen molar-refractivity contribution in [3.05, 3.63) is 112 Å². The van der Waals surface area contributed by atoms with Gasteiger partial charge in [-0.2, -0.15) is 5.10 Å². The van der Waals surface area contributed by atoms with Crippen LogP contribution in [0.15, 0.2) is 98.8 Å². The summed E-state index contributed by atoms with van der Waals surface area (Å²) in [6.07, 6.45) is 1.95. The zero-order valence-corrected chi connectivity index (χ0v) is 18.3. The van der Waals surface area contributed by atoms with Gasteiger partial charge in [-0.05, 0) is 36.2 Å². The van der Waals surface area contributed by atoms with Crippen LogP contribution in [0.1, 0.15) is 11.1 Å². The highest BCUT2D eigenvalue weighted by Crippen LogP contribution is 2.28. The zero-order valence-electron chi connectivity index (χ0n) is 17.5. The Labute approximate surface area is 192 Å². The molecule has 0 amide bonds. The average Bonchev–Trinajstić information content (AvgIpc) is 3.43. The molecule has 0 aliphatic rings. The first-order chi connectivity index (χ1) is 16.2. The highest BCUT2D eigenvalue weighted by atomic mass is 32.1. The van der Waals surface area contributed by atoms with Gasteiger partial charge in [-0.25, -0.2) is 13.5 Å². The molecular formula is C26H19F2N3OS. The molecule has 164 valence electrons. The van der Waals surface area contributed by atoms with Crippen LogP contribution in [0.2, 0.25) is 0 Å². The third-order valence-electron chi connectivity index (χ3n) is 5.16. The smallest absolute Gasteiger partial charge is 0.206 e. The molecular weight excluding hydrogens is 440 g/mol. The van der Waals surface area contributed by atoms with Gasteiger partial charge in [0.15, 0.2) is 5.76 Å². The van der Waals surface area contributed by atoms with E-state index in [-0.39, 0.29) is 5.56 Å². The van der Waals surface area contributed by atoms with E-state index in [1.165, 1.54) is 41.3 Å². The number of nitrogens with zero attached hydrogens (tertiary/aromatic N) is 3. The average molecular weight is 460 g/mol. The number of thiazole rings is 1. The molecule has 3 aromatic carbocycles. The molecule has 0 aliphatic carbocycles. The maximum absolute atomic E-state index is 14.2. The van der Waals surface area contributed by atoms with Crippen molar-refractivity contribution in [1.82, 2.24) is 4.68 Å². The number of para-hydroxylation sites is 1. The van der Waals surface area contributed by atoms with Crippen molar-refractivity contribution >= 4 is 28.5 Å². The molecule has 2 aromatic heterocycles. The maximum atomic E-state index is 14.2. The van der Waals surface area contributed by atoms with E-state index in [2.05, 4.69) is 17.2 Å². The highest BCUT2D eigenvalue weighted by Gasteiger charge is 2.13. The first-order valence-corrected chi connectivity index (χ1v) is 11.3. The van der Waals surface area contributed by atoms with Crippen LogP contribution < -0.4 is 4.80 Å². The van der Waals surface area contributed by atoms with Crippen LogP contribution in [0.4, 0.5) is 8.78 Å². The van der Waals surface area contributed by atoms with Crippen LogP contribution in [0.5, 0.6) is 0 Å². The van der Waals surface area contributed by atoms with E-state index in [9.17, 15) is 8.78 Å². The molecule has 5 rings (SSSR count). The van der Waals surface area contributed by atoms with Crippen LogP contribution in [0, 0.1) is 11.6 Å². The minimum Gasteiger partial charge on any atom is -0.454 e. The van der Waals surface area contributed by atoms with E-state index in [0.29, 0.717) is 22.8 Å². The molecule has 0 aliphatic heterocycles. The molecule has 0 saturated carbocycles. The standard InChI is InChI=1S/C26H19F2N3OS/c27-21-10-6-11-22(28)20(21)16-30-31-23(25-15-19-9-4-5-12-24(19)32-25)17-33-26(31)29-14-13-18-7-2-1-3-8-18/h1-12,15-17H,13-14H2/b29-26?,30-16-. The lowest BCUT2D eigenvalue weighted by Crippen LogP contribution is -2.13. The Morgan fingerprint density at radius 3 is 2.45 bits per heavy atom. The minimum atomic E-state index is -0.678. The van der Waals surface area contributed by atoms with Crippen LogP contribution in [-0.2, 0) is 6.42 Å². The molecule has 0 N–H and O–H groups in total. The van der Waals surface area contributed by atoms with Crippen molar-refractivity contribution in [1.29, 1.82) is 0 Å². The van der Waals surface area contributed by atoms with E-state index in [1.54, 1.807) is 4.68 Å². The molecule has 5 aromatic rings. The number of halogens is 2. The number of furan rings is 1. The molecule has 0 spiro atoms. The number of rotatable bonds is 6. The van der Waals surface area contributed by atoms with Gasteiger partial charge in [0.2, 0.25) is 4.80 Å². The molecule has 0 unspecified atom stereocenters. The zero-order chi connectivity index (χ0) is 22.6. The summed E-state index contributed by atoms with van der Waals surface area (Å²) in [5.74, 6) is -0.756. The van der Waals surface area contributed by atoms with E-state index in [4.69, 9.17) is 9.41 Å². The lowest BCUT2D eigenvalue weighted by Gasteiger charge is -2.02. The van der Waals surface area contributed by atoms with Gasteiger partial charge < -0.3 is 4.42 Å². The van der Waals surface area contributed by atoms with Gasteiger partial charge in [0.05, 0.1) is 11.8 Å². The fourth-order valence-corrected chi connectivity index (χ4v) is 4.32. The predicted octanol–water partition coefficient (Wildman–Crippen LogP) is 6.27. The number of fused-ring (bicyclic) bond motifs is 1. The van der Waals surface area contributed by atoms with E-state index >= 15 is 0 Å². The molecule has 0 bridgehead atoms. The van der Waals surface area contributed by atoms with Gasteiger partial charge in [0.1, 0.15) is 22.9 Å². The van der Waals surface area contributed by atoms with Gasteiger partial charge >= 0.3 is 0 Å². The predicted molar refractivity (Wildman–Crippen MR) is 127 cm³/mol. The monoisotopic (exact) mass is 459 g/mol. The first-order valence-electron chi connectivity index (χ1n) is 10.4. The van der Waals surface area contributed by atoms with Crippen LogP contribution in [-0.4, -0.2) is 17.4 Å². The highest BCUT2D eigenvalue weighted by molar-refractivity contribution is 7.07. The van der Waals surface area contributed by atoms with Gasteiger partial charge in [-0.15, -0.1) is 11.3 Å². The molecule has 0 saturated heterocycles. The summed E-state index contributed by atoms with van der Waals surface area (Å²) in [5, 5.41) is 7.24. The molecule has 4 nitrogen and oxygen atoms in total. The van der Waals surface area contributed by atoms with Crippen molar-refractivity contribution in [3.8, 4) is 11.5 Å². The van der Waals surface area contributed by atoms with Crippen molar-refractivity contribution in [3.63, 3.8) is 0 Å².